The van der Waals surface area contributed by atoms with E-state index in [1.54, 1.807) is 18.2 Å². The van der Waals surface area contributed by atoms with Gasteiger partial charge in [0.2, 0.25) is 0 Å². The van der Waals surface area contributed by atoms with Crippen molar-refractivity contribution in [3.05, 3.63) is 83.4 Å². The van der Waals surface area contributed by atoms with E-state index in [4.69, 9.17) is 22.1 Å². The number of aromatic nitrogens is 2. The van der Waals surface area contributed by atoms with Crippen LogP contribution in [-0.2, 0) is 6.61 Å². The molecule has 5 nitrogen and oxygen atoms in total. The summed E-state index contributed by atoms with van der Waals surface area (Å²) in [6.07, 6.45) is 1.79. The zero-order valence-electron chi connectivity index (χ0n) is 14.6. The van der Waals surface area contributed by atoms with E-state index in [0.717, 1.165) is 27.2 Å². The molecule has 0 radical (unpaired) electrons. The number of hydrogen-bond donors (Lipinski definition) is 4. The van der Waals surface area contributed by atoms with E-state index < -0.39 is 0 Å². The van der Waals surface area contributed by atoms with Crippen molar-refractivity contribution in [2.45, 2.75) is 6.61 Å². The maximum absolute atomic E-state index is 9.45. The first-order chi connectivity index (χ1) is 13.0. The van der Waals surface area contributed by atoms with Gasteiger partial charge in [-0.05, 0) is 41.5 Å². The van der Waals surface area contributed by atoms with Crippen molar-refractivity contribution in [2.24, 2.45) is 0 Å². The van der Waals surface area contributed by atoms with Crippen LogP contribution in [0.3, 0.4) is 0 Å². The van der Waals surface area contributed by atoms with Crippen LogP contribution in [0.2, 0.25) is 5.02 Å². The van der Waals surface area contributed by atoms with E-state index in [2.05, 4.69) is 16.8 Å². The first kappa shape index (κ1) is 18.5. The Morgan fingerprint density at radius 3 is 2.30 bits per heavy atom. The number of aromatic amines is 2. The maximum Gasteiger partial charge on any atom is 0.142 e. The number of nitrogens with two attached hydrogens (primary N) is 1. The Morgan fingerprint density at radius 1 is 1.00 bits per heavy atom. The minimum absolute atomic E-state index is 0.0366. The first-order valence-electron chi connectivity index (χ1n) is 8.29. The number of benzene rings is 3. The van der Waals surface area contributed by atoms with E-state index in [0.29, 0.717) is 18.0 Å². The molecule has 138 valence electrons. The van der Waals surface area contributed by atoms with Crippen LogP contribution in [0.15, 0.2) is 67.2 Å². The lowest BCUT2D eigenvalue weighted by atomic mass is 10.1. The third-order valence-electron chi connectivity index (χ3n) is 3.94. The second-order valence-corrected chi connectivity index (χ2v) is 6.33. The average molecular weight is 382 g/mol. The Labute approximate surface area is 162 Å². The Balaban J connectivity index is 0.000000193. The zero-order chi connectivity index (χ0) is 19.2. The van der Waals surface area contributed by atoms with Crippen molar-refractivity contribution in [3.63, 3.8) is 0 Å². The quantitative estimate of drug-likeness (QED) is 0.284. The van der Waals surface area contributed by atoms with Gasteiger partial charge < -0.3 is 15.6 Å². The van der Waals surface area contributed by atoms with E-state index in [9.17, 15) is 5.11 Å². The summed E-state index contributed by atoms with van der Waals surface area (Å²) >= 11 is 5.68. The van der Waals surface area contributed by atoms with E-state index in [1.165, 1.54) is 6.07 Å². The van der Waals surface area contributed by atoms with Gasteiger partial charge in [0.05, 0.1) is 16.7 Å². The molecule has 0 spiro atoms. The number of anilines is 1. The van der Waals surface area contributed by atoms with E-state index in [-0.39, 0.29) is 5.75 Å². The smallest absolute Gasteiger partial charge is 0.142 e. The fourth-order valence-corrected chi connectivity index (χ4v) is 2.50. The maximum atomic E-state index is 9.45. The molecule has 6 heteroatoms. The summed E-state index contributed by atoms with van der Waals surface area (Å²) in [4.78, 5) is 0. The van der Waals surface area contributed by atoms with Crippen molar-refractivity contribution in [3.8, 4) is 11.5 Å². The van der Waals surface area contributed by atoms with Gasteiger partial charge in [-0.1, -0.05) is 48.5 Å². The summed E-state index contributed by atoms with van der Waals surface area (Å²) in [5.74, 6) is 0.629. The lowest BCUT2D eigenvalue weighted by molar-refractivity contribution is 0.304. The number of halogens is 1. The van der Waals surface area contributed by atoms with Gasteiger partial charge in [-0.25, -0.2) is 0 Å². The molecule has 0 aliphatic rings. The van der Waals surface area contributed by atoms with Gasteiger partial charge in [-0.15, -0.1) is 0 Å². The number of phenols is 1. The molecule has 0 saturated heterocycles. The molecule has 0 saturated carbocycles. The Morgan fingerprint density at radius 2 is 1.74 bits per heavy atom. The van der Waals surface area contributed by atoms with Crippen LogP contribution in [0, 0.1) is 0 Å². The lowest BCUT2D eigenvalue weighted by Crippen LogP contribution is -1.95. The van der Waals surface area contributed by atoms with Gasteiger partial charge in [0.25, 0.3) is 0 Å². The van der Waals surface area contributed by atoms with E-state index >= 15 is 0 Å². The molecule has 5 N–H and O–H groups in total. The highest BCUT2D eigenvalue weighted by Gasteiger charge is 2.00. The topological polar surface area (TPSA) is 87.1 Å². The molecular formula is C21H20ClN3O2. The monoisotopic (exact) mass is 381 g/mol. The first-order valence-corrected chi connectivity index (χ1v) is 8.67. The van der Waals surface area contributed by atoms with Crippen LogP contribution in [-0.4, -0.2) is 15.3 Å². The highest BCUT2D eigenvalue weighted by molar-refractivity contribution is 6.31. The van der Waals surface area contributed by atoms with Crippen LogP contribution in [0.1, 0.15) is 11.1 Å². The average Bonchev–Trinajstić information content (AvgIpc) is 2.66. The molecule has 3 aromatic carbocycles. The van der Waals surface area contributed by atoms with Crippen LogP contribution >= 0.6 is 11.6 Å². The van der Waals surface area contributed by atoms with Gasteiger partial charge in [0.1, 0.15) is 18.1 Å². The second-order valence-electron chi connectivity index (χ2n) is 5.89. The summed E-state index contributed by atoms with van der Waals surface area (Å²) in [7, 11) is 0. The van der Waals surface area contributed by atoms with Gasteiger partial charge >= 0.3 is 0 Å². The molecule has 1 heterocycles. The molecular weight excluding hydrogens is 362 g/mol. The summed E-state index contributed by atoms with van der Waals surface area (Å²) in [5, 5.41) is 16.0. The molecule has 4 aromatic rings. The molecule has 0 aliphatic heterocycles. The molecule has 0 unspecified atom stereocenters. The number of rotatable bonds is 4. The molecule has 27 heavy (non-hydrogen) atoms. The molecule has 0 atom stereocenters. The zero-order valence-corrected chi connectivity index (χ0v) is 15.3. The third kappa shape index (κ3) is 4.86. The van der Waals surface area contributed by atoms with E-state index in [1.807, 2.05) is 42.5 Å². The largest absolute Gasteiger partial charge is 0.506 e. The Kier molecular flexibility index (Phi) is 5.74. The summed E-state index contributed by atoms with van der Waals surface area (Å²) in [5.41, 5.74) is 10.2. The van der Waals surface area contributed by atoms with Gasteiger partial charge in [0, 0.05) is 11.1 Å². The molecule has 0 fully saturated rings. The van der Waals surface area contributed by atoms with Crippen molar-refractivity contribution in [1.29, 1.82) is 0 Å². The number of aromatic hydroxyl groups is 1. The number of ether oxygens (including phenoxy) is 1. The van der Waals surface area contributed by atoms with Gasteiger partial charge in [-0.3, -0.25) is 10.2 Å². The minimum Gasteiger partial charge on any atom is -0.506 e. The number of nitrogen functional groups attached to an aromatic ring is 1. The fraction of sp³-hybridized carbons (Fsp3) is 0.0476. The minimum atomic E-state index is 0.0366. The molecule has 0 bridgehead atoms. The van der Waals surface area contributed by atoms with Crippen LogP contribution in [0.4, 0.5) is 5.69 Å². The standard InChI is InChI=1S/C15H15NO2.C6H5ClN2/c1-2-11-3-5-12(6-4-11)10-18-13-7-8-14(16)15(17)9-13;7-4-1-2-5-6(3-4)9-8-5/h2-9,17H,1,10,16H2;1-3,8-9H. The van der Waals surface area contributed by atoms with Gasteiger partial charge in [-0.2, -0.15) is 0 Å². The SMILES string of the molecule is C=Cc1ccc(COc2ccc(N)c(O)c2)cc1.Clc1ccc2[nH][nH]c2c1. The molecule has 0 amide bonds. The van der Waals surface area contributed by atoms with Crippen molar-refractivity contribution in [2.75, 3.05) is 5.73 Å². The van der Waals surface area contributed by atoms with Crippen molar-refractivity contribution >= 4 is 34.4 Å². The van der Waals surface area contributed by atoms with Crippen molar-refractivity contribution in [1.82, 2.24) is 10.2 Å². The summed E-state index contributed by atoms with van der Waals surface area (Å²) in [6.45, 7) is 4.15. The third-order valence-corrected chi connectivity index (χ3v) is 4.17. The fourth-order valence-electron chi connectivity index (χ4n) is 2.33. The lowest BCUT2D eigenvalue weighted by Gasteiger charge is -2.08. The van der Waals surface area contributed by atoms with Crippen LogP contribution < -0.4 is 10.5 Å². The number of H-pyrrole nitrogens is 2. The molecule has 1 aromatic heterocycles. The molecule has 0 aliphatic carbocycles. The molecule has 4 rings (SSSR count). The van der Waals surface area contributed by atoms with Crippen LogP contribution in [0.5, 0.6) is 11.5 Å². The second kappa shape index (κ2) is 8.38. The predicted octanol–water partition coefficient (Wildman–Crippen LogP) is 5.35. The highest BCUT2D eigenvalue weighted by atomic mass is 35.5. The predicted molar refractivity (Wildman–Crippen MR) is 111 cm³/mol. The number of phenolic OH excluding ortho intramolecular Hbond substituents is 1. The normalized spacial score (nSPS) is 10.3. The summed E-state index contributed by atoms with van der Waals surface area (Å²) < 4.78 is 5.56. The summed E-state index contributed by atoms with van der Waals surface area (Å²) in [6, 6.07) is 18.4. The Bertz CT molecular complexity index is 1040. The van der Waals surface area contributed by atoms with Crippen molar-refractivity contribution < 1.29 is 9.84 Å². The Hall–Kier alpha value is -3.31. The van der Waals surface area contributed by atoms with Gasteiger partial charge in [0.15, 0.2) is 0 Å². The number of hydrogen-bond acceptors (Lipinski definition) is 3. The van der Waals surface area contributed by atoms with Crippen LogP contribution in [0.25, 0.3) is 17.1 Å². The highest BCUT2D eigenvalue weighted by Crippen LogP contribution is 2.25. The number of nitrogens with one attached hydrogen (secondary N) is 2. The number of fused-ring (bicyclic) bond motifs is 1.